The van der Waals surface area contributed by atoms with Gasteiger partial charge in [0, 0.05) is 11.1 Å². The van der Waals surface area contributed by atoms with Gasteiger partial charge in [-0.25, -0.2) is 4.99 Å². The van der Waals surface area contributed by atoms with E-state index in [0.717, 1.165) is 27.8 Å². The third kappa shape index (κ3) is 5.78. The van der Waals surface area contributed by atoms with E-state index in [4.69, 9.17) is 15.7 Å². The molecule has 0 aliphatic rings. The first-order valence-corrected chi connectivity index (χ1v) is 17.7. The Bertz CT molecular complexity index is 2820. The highest BCUT2D eigenvalue weighted by molar-refractivity contribution is 6.33. The van der Waals surface area contributed by atoms with Crippen LogP contribution in [0.2, 0.25) is 0 Å². The number of amidine groups is 2. The molecule has 9 aromatic rings. The van der Waals surface area contributed by atoms with Gasteiger partial charge in [-0.1, -0.05) is 170 Å². The molecule has 2 N–H and O–H groups in total. The van der Waals surface area contributed by atoms with Gasteiger partial charge in [0.15, 0.2) is 5.84 Å². The second-order valence-corrected chi connectivity index (χ2v) is 13.1. The van der Waals surface area contributed by atoms with Crippen molar-refractivity contribution >= 4 is 54.8 Å². The number of fused-ring (bicyclic) bond motifs is 8. The lowest BCUT2D eigenvalue weighted by molar-refractivity contribution is 1.06. The Balaban J connectivity index is 1.18. The van der Waals surface area contributed by atoms with Gasteiger partial charge in [-0.15, -0.1) is 0 Å². The maximum absolute atomic E-state index is 6.55. The molecule has 0 amide bonds. The van der Waals surface area contributed by atoms with Gasteiger partial charge in [-0.05, 0) is 89.1 Å². The summed E-state index contributed by atoms with van der Waals surface area (Å²) < 4.78 is 0. The fraction of sp³-hybridized carbons (Fsp3) is 0.0204. The predicted molar refractivity (Wildman–Crippen MR) is 221 cm³/mol. The van der Waals surface area contributed by atoms with Crippen LogP contribution in [0.3, 0.4) is 0 Å². The van der Waals surface area contributed by atoms with E-state index in [1.807, 2.05) is 48.5 Å². The summed E-state index contributed by atoms with van der Waals surface area (Å²) in [6.45, 7) is 0.500. The molecule has 0 bridgehead atoms. The van der Waals surface area contributed by atoms with E-state index in [0.29, 0.717) is 18.2 Å². The van der Waals surface area contributed by atoms with Gasteiger partial charge in [0.25, 0.3) is 0 Å². The zero-order chi connectivity index (χ0) is 34.9. The first kappa shape index (κ1) is 31.2. The normalized spacial score (nSPS) is 12.2. The highest BCUT2D eigenvalue weighted by atomic mass is 15.0. The molecule has 0 radical (unpaired) electrons. The molecule has 0 atom stereocenters. The van der Waals surface area contributed by atoms with Crippen LogP contribution in [0.25, 0.3) is 65.3 Å². The van der Waals surface area contributed by atoms with Crippen molar-refractivity contribution in [2.24, 2.45) is 15.7 Å². The lowest BCUT2D eigenvalue weighted by atomic mass is 9.87. The molecule has 246 valence electrons. The number of hydrogen-bond acceptors (Lipinski definition) is 1. The van der Waals surface area contributed by atoms with Crippen LogP contribution in [-0.2, 0) is 6.54 Å². The topological polar surface area (TPSA) is 50.7 Å². The monoisotopic (exact) mass is 665 g/mol. The largest absolute Gasteiger partial charge is 0.383 e. The number of nitrogens with zero attached hydrogens (tertiary/aromatic N) is 2. The molecule has 0 saturated carbocycles. The van der Waals surface area contributed by atoms with Crippen molar-refractivity contribution in [3.63, 3.8) is 0 Å². The van der Waals surface area contributed by atoms with E-state index < -0.39 is 0 Å². The van der Waals surface area contributed by atoms with Gasteiger partial charge in [0.1, 0.15) is 5.84 Å². The summed E-state index contributed by atoms with van der Waals surface area (Å²) >= 11 is 0. The minimum absolute atomic E-state index is 0.434. The standard InChI is InChI=1S/C49H35N3/c50-48(34-17-5-2-6-18-34)52-49(51-32-33-15-3-1-4-16-33)38-22-14-20-36(30-38)35-19-13-21-37(29-35)45-31-46-41-25-8-7-23-39(41)40-24-9-11-27-43(40)47(46)44-28-12-10-26-42(44)45/h1-31H,32H2,(H2,50,51,52). The summed E-state index contributed by atoms with van der Waals surface area (Å²) in [5.41, 5.74) is 14.0. The van der Waals surface area contributed by atoms with E-state index in [2.05, 4.69) is 140 Å². The molecule has 9 aromatic carbocycles. The van der Waals surface area contributed by atoms with E-state index in [9.17, 15) is 0 Å². The average Bonchev–Trinajstić information content (AvgIpc) is 3.22. The molecule has 3 heteroatoms. The van der Waals surface area contributed by atoms with E-state index in [1.54, 1.807) is 0 Å². The molecule has 9 rings (SSSR count). The van der Waals surface area contributed by atoms with E-state index in [1.165, 1.54) is 54.2 Å². The first-order chi connectivity index (χ1) is 25.7. The van der Waals surface area contributed by atoms with Crippen molar-refractivity contribution in [3.05, 3.63) is 205 Å². The Kier molecular flexibility index (Phi) is 8.07. The van der Waals surface area contributed by atoms with Crippen LogP contribution >= 0.6 is 0 Å². The van der Waals surface area contributed by atoms with Crippen LogP contribution in [0, 0.1) is 0 Å². The summed E-state index contributed by atoms with van der Waals surface area (Å²) in [6.07, 6.45) is 0. The molecule has 52 heavy (non-hydrogen) atoms. The Labute approximate surface area is 303 Å². The Morgan fingerprint density at radius 2 is 0.904 bits per heavy atom. The van der Waals surface area contributed by atoms with Crippen molar-refractivity contribution in [1.82, 2.24) is 0 Å². The van der Waals surface area contributed by atoms with Gasteiger partial charge in [-0.3, -0.25) is 4.99 Å². The second kappa shape index (κ2) is 13.5. The molecule has 3 nitrogen and oxygen atoms in total. The SMILES string of the molecule is NC(=NC(=NCc1ccccc1)c1cccc(-c2cccc(-c3cc4c5ccccc5c5ccccc5c4c4ccccc34)c2)c1)c1ccccc1. The maximum Gasteiger partial charge on any atom is 0.157 e. The van der Waals surface area contributed by atoms with Gasteiger partial charge in [-0.2, -0.15) is 0 Å². The maximum atomic E-state index is 6.55. The number of benzene rings is 9. The number of rotatable bonds is 6. The lowest BCUT2D eigenvalue weighted by Crippen LogP contribution is -2.16. The molecule has 0 fully saturated rings. The van der Waals surface area contributed by atoms with Gasteiger partial charge >= 0.3 is 0 Å². The Morgan fingerprint density at radius 3 is 1.62 bits per heavy atom. The van der Waals surface area contributed by atoms with Crippen LogP contribution in [0.5, 0.6) is 0 Å². The zero-order valence-electron chi connectivity index (χ0n) is 28.6. The average molecular weight is 666 g/mol. The van der Waals surface area contributed by atoms with Crippen LogP contribution in [0.4, 0.5) is 0 Å². The lowest BCUT2D eigenvalue weighted by Gasteiger charge is -2.16. The fourth-order valence-electron chi connectivity index (χ4n) is 7.44. The minimum Gasteiger partial charge on any atom is -0.383 e. The third-order valence-electron chi connectivity index (χ3n) is 9.93. The minimum atomic E-state index is 0.434. The molecule has 0 aliphatic carbocycles. The number of aliphatic imine (C=N–C) groups is 2. The van der Waals surface area contributed by atoms with Crippen molar-refractivity contribution in [1.29, 1.82) is 0 Å². The fourth-order valence-corrected chi connectivity index (χ4v) is 7.44. The van der Waals surface area contributed by atoms with Gasteiger partial charge in [0.2, 0.25) is 0 Å². The molecular weight excluding hydrogens is 631 g/mol. The Hall–Kier alpha value is -6.84. The van der Waals surface area contributed by atoms with Crippen molar-refractivity contribution in [2.75, 3.05) is 0 Å². The van der Waals surface area contributed by atoms with Crippen LogP contribution < -0.4 is 5.73 Å². The van der Waals surface area contributed by atoms with Crippen LogP contribution in [-0.4, -0.2) is 11.7 Å². The first-order valence-electron chi connectivity index (χ1n) is 17.7. The highest BCUT2D eigenvalue weighted by Crippen LogP contribution is 2.43. The summed E-state index contributed by atoms with van der Waals surface area (Å²) in [6, 6.07) is 66.2. The smallest absolute Gasteiger partial charge is 0.157 e. The second-order valence-electron chi connectivity index (χ2n) is 13.1. The van der Waals surface area contributed by atoms with Gasteiger partial charge in [0.05, 0.1) is 6.54 Å². The molecule has 0 aliphatic heterocycles. The molecule has 0 heterocycles. The predicted octanol–water partition coefficient (Wildman–Crippen LogP) is 12.0. The van der Waals surface area contributed by atoms with E-state index >= 15 is 0 Å². The summed E-state index contributed by atoms with van der Waals surface area (Å²) in [4.78, 5) is 9.87. The molecular formula is C49H35N3. The van der Waals surface area contributed by atoms with Gasteiger partial charge < -0.3 is 5.73 Å². The molecule has 0 unspecified atom stereocenters. The summed E-state index contributed by atoms with van der Waals surface area (Å²) in [7, 11) is 0. The Morgan fingerprint density at radius 1 is 0.404 bits per heavy atom. The number of hydrogen-bond donors (Lipinski definition) is 1. The van der Waals surface area contributed by atoms with Crippen LogP contribution in [0.15, 0.2) is 198 Å². The summed E-state index contributed by atoms with van der Waals surface area (Å²) in [5.74, 6) is 1.03. The highest BCUT2D eigenvalue weighted by Gasteiger charge is 2.15. The zero-order valence-corrected chi connectivity index (χ0v) is 28.6. The van der Waals surface area contributed by atoms with Crippen molar-refractivity contribution < 1.29 is 0 Å². The van der Waals surface area contributed by atoms with Crippen molar-refractivity contribution in [3.8, 4) is 22.3 Å². The quantitative estimate of drug-likeness (QED) is 0.107. The summed E-state index contributed by atoms with van der Waals surface area (Å²) in [5, 5.41) is 10.2. The number of nitrogens with two attached hydrogens (primary N) is 1. The third-order valence-corrected chi connectivity index (χ3v) is 9.93. The molecule has 0 aromatic heterocycles. The van der Waals surface area contributed by atoms with E-state index in [-0.39, 0.29) is 0 Å². The van der Waals surface area contributed by atoms with Crippen LogP contribution in [0.1, 0.15) is 16.7 Å². The molecule has 0 spiro atoms. The molecule has 0 saturated heterocycles. The van der Waals surface area contributed by atoms with Crippen molar-refractivity contribution in [2.45, 2.75) is 6.54 Å².